The molecule has 1 atom stereocenters. The van der Waals surface area contributed by atoms with E-state index in [1.165, 1.54) is 0 Å². The molecule has 0 radical (unpaired) electrons. The van der Waals surface area contributed by atoms with Gasteiger partial charge in [-0.15, -0.1) is 0 Å². The number of nitrogens with zero attached hydrogens (tertiary/aromatic N) is 3. The normalized spacial score (nSPS) is 15.9. The summed E-state index contributed by atoms with van der Waals surface area (Å²) in [6.07, 6.45) is 1.80. The molecule has 7 nitrogen and oxygen atoms in total. The first kappa shape index (κ1) is 20.5. The van der Waals surface area contributed by atoms with Crippen molar-refractivity contribution in [2.75, 3.05) is 6.54 Å². The minimum atomic E-state index is -0.125. The SMILES string of the molecule is N=C(N)N1CCCC1c1nc(-c2ccc3cc(OCc4ccc(Br)cc4)ccc3c2)no1. The molecule has 1 saturated heterocycles. The molecule has 32 heavy (non-hydrogen) atoms. The molecule has 162 valence electrons. The summed E-state index contributed by atoms with van der Waals surface area (Å²) in [4.78, 5) is 6.39. The van der Waals surface area contributed by atoms with Gasteiger partial charge >= 0.3 is 0 Å². The lowest BCUT2D eigenvalue weighted by molar-refractivity contribution is 0.283. The van der Waals surface area contributed by atoms with E-state index in [9.17, 15) is 0 Å². The molecule has 8 heteroatoms. The maximum absolute atomic E-state index is 7.74. The van der Waals surface area contributed by atoms with Gasteiger partial charge in [-0.05, 0) is 59.5 Å². The van der Waals surface area contributed by atoms with Gasteiger partial charge in [0, 0.05) is 16.6 Å². The topological polar surface area (TPSA) is 101 Å². The zero-order valence-electron chi connectivity index (χ0n) is 17.3. The summed E-state index contributed by atoms with van der Waals surface area (Å²) >= 11 is 3.45. The summed E-state index contributed by atoms with van der Waals surface area (Å²) in [6.45, 7) is 1.25. The van der Waals surface area contributed by atoms with Gasteiger partial charge in [0.2, 0.25) is 11.7 Å². The number of guanidine groups is 1. The van der Waals surface area contributed by atoms with Crippen molar-refractivity contribution in [2.24, 2.45) is 5.73 Å². The van der Waals surface area contributed by atoms with Crippen LogP contribution in [0.5, 0.6) is 5.75 Å². The average Bonchev–Trinajstić information content (AvgIpc) is 3.48. The molecule has 2 heterocycles. The van der Waals surface area contributed by atoms with Crippen LogP contribution in [0.2, 0.25) is 0 Å². The van der Waals surface area contributed by atoms with E-state index in [0.717, 1.165) is 51.5 Å². The second-order valence-corrected chi connectivity index (χ2v) is 8.75. The molecule has 0 saturated carbocycles. The second kappa shape index (κ2) is 8.63. The summed E-state index contributed by atoms with van der Waals surface area (Å²) in [7, 11) is 0. The van der Waals surface area contributed by atoms with Crippen molar-refractivity contribution >= 4 is 32.7 Å². The van der Waals surface area contributed by atoms with Gasteiger partial charge in [-0.2, -0.15) is 4.98 Å². The van der Waals surface area contributed by atoms with Gasteiger partial charge in [0.1, 0.15) is 18.4 Å². The molecular weight excluding hydrogens is 470 g/mol. The molecular formula is C24H22BrN5O2. The van der Waals surface area contributed by atoms with Crippen LogP contribution in [0.25, 0.3) is 22.2 Å². The van der Waals surface area contributed by atoms with Crippen LogP contribution in [0.1, 0.15) is 30.3 Å². The van der Waals surface area contributed by atoms with E-state index in [1.807, 2.05) is 60.7 Å². The molecule has 0 bridgehead atoms. The third kappa shape index (κ3) is 4.18. The van der Waals surface area contributed by atoms with E-state index in [1.54, 1.807) is 4.90 Å². The highest BCUT2D eigenvalue weighted by molar-refractivity contribution is 9.10. The Balaban J connectivity index is 1.33. The number of fused-ring (bicyclic) bond motifs is 1. The fourth-order valence-corrected chi connectivity index (χ4v) is 4.26. The number of benzene rings is 3. The molecule has 3 aromatic carbocycles. The van der Waals surface area contributed by atoms with Gasteiger partial charge in [-0.3, -0.25) is 5.41 Å². The largest absolute Gasteiger partial charge is 0.489 e. The zero-order valence-corrected chi connectivity index (χ0v) is 18.9. The molecule has 0 aliphatic carbocycles. The third-order valence-electron chi connectivity index (χ3n) is 5.68. The Morgan fingerprint density at radius 2 is 1.91 bits per heavy atom. The van der Waals surface area contributed by atoms with Crippen molar-refractivity contribution in [1.82, 2.24) is 15.0 Å². The molecule has 5 rings (SSSR count). The lowest BCUT2D eigenvalue weighted by Gasteiger charge is -2.21. The van der Waals surface area contributed by atoms with E-state index >= 15 is 0 Å². The minimum absolute atomic E-state index is 0.0381. The molecule has 0 spiro atoms. The molecule has 1 fully saturated rings. The van der Waals surface area contributed by atoms with Crippen molar-refractivity contribution in [1.29, 1.82) is 5.41 Å². The lowest BCUT2D eigenvalue weighted by Crippen LogP contribution is -2.35. The first-order valence-electron chi connectivity index (χ1n) is 10.4. The van der Waals surface area contributed by atoms with E-state index in [-0.39, 0.29) is 12.0 Å². The van der Waals surface area contributed by atoms with E-state index in [4.69, 9.17) is 20.4 Å². The summed E-state index contributed by atoms with van der Waals surface area (Å²) in [5, 5.41) is 14.0. The van der Waals surface area contributed by atoms with Crippen molar-refractivity contribution in [2.45, 2.75) is 25.5 Å². The van der Waals surface area contributed by atoms with E-state index in [2.05, 4.69) is 26.1 Å². The van der Waals surface area contributed by atoms with Crippen LogP contribution >= 0.6 is 15.9 Å². The molecule has 4 aromatic rings. The van der Waals surface area contributed by atoms with E-state index < -0.39 is 0 Å². The number of rotatable bonds is 5. The zero-order chi connectivity index (χ0) is 22.1. The predicted octanol–water partition coefficient (Wildman–Crippen LogP) is 5.26. The summed E-state index contributed by atoms with van der Waals surface area (Å²) < 4.78 is 12.5. The monoisotopic (exact) mass is 491 g/mol. The van der Waals surface area contributed by atoms with Crippen molar-refractivity contribution in [3.8, 4) is 17.1 Å². The number of likely N-dealkylation sites (tertiary alicyclic amines) is 1. The van der Waals surface area contributed by atoms with Gasteiger partial charge in [0.15, 0.2) is 5.96 Å². The number of halogens is 1. The summed E-state index contributed by atoms with van der Waals surface area (Å²) in [5.74, 6) is 1.90. The number of nitrogens with one attached hydrogen (secondary N) is 1. The lowest BCUT2D eigenvalue weighted by atomic mass is 10.1. The number of nitrogens with two attached hydrogens (primary N) is 1. The molecule has 1 aliphatic rings. The fourth-order valence-electron chi connectivity index (χ4n) is 4.00. The molecule has 0 amide bonds. The number of ether oxygens (including phenoxy) is 1. The van der Waals surface area contributed by atoms with Gasteiger partial charge in [0.25, 0.3) is 0 Å². The van der Waals surface area contributed by atoms with Gasteiger partial charge < -0.3 is 19.9 Å². The highest BCUT2D eigenvalue weighted by atomic mass is 79.9. The van der Waals surface area contributed by atoms with Crippen molar-refractivity contribution in [3.05, 3.63) is 76.6 Å². The first-order chi connectivity index (χ1) is 15.6. The Bertz CT molecular complexity index is 1270. The average molecular weight is 492 g/mol. The molecule has 1 aliphatic heterocycles. The Kier molecular flexibility index (Phi) is 5.53. The number of hydrogen-bond acceptors (Lipinski definition) is 5. The fraction of sp³-hybridized carbons (Fsp3) is 0.208. The quantitative estimate of drug-likeness (QED) is 0.291. The molecule has 3 N–H and O–H groups in total. The van der Waals surface area contributed by atoms with Gasteiger partial charge in [-0.1, -0.05) is 51.4 Å². The Morgan fingerprint density at radius 1 is 1.12 bits per heavy atom. The van der Waals surface area contributed by atoms with Gasteiger partial charge in [-0.25, -0.2) is 0 Å². The highest BCUT2D eigenvalue weighted by Gasteiger charge is 2.31. The highest BCUT2D eigenvalue weighted by Crippen LogP contribution is 2.32. The van der Waals surface area contributed by atoms with E-state index in [0.29, 0.717) is 18.3 Å². The van der Waals surface area contributed by atoms with Crippen LogP contribution < -0.4 is 10.5 Å². The van der Waals surface area contributed by atoms with Crippen LogP contribution in [0.15, 0.2) is 69.7 Å². The Labute approximate surface area is 193 Å². The third-order valence-corrected chi connectivity index (χ3v) is 6.21. The Hall–Kier alpha value is -3.39. The second-order valence-electron chi connectivity index (χ2n) is 7.83. The van der Waals surface area contributed by atoms with Gasteiger partial charge in [0.05, 0.1) is 0 Å². The Morgan fingerprint density at radius 3 is 2.72 bits per heavy atom. The van der Waals surface area contributed by atoms with Crippen molar-refractivity contribution in [3.63, 3.8) is 0 Å². The number of aromatic nitrogens is 2. The standard InChI is InChI=1S/C24H22BrN5O2/c25-19-8-3-15(4-9-19)14-31-20-10-7-16-12-18(6-5-17(16)13-20)22-28-23(32-29-22)21-2-1-11-30(21)24(26)27/h3-10,12-13,21H,1-2,11,14H2,(H3,26,27). The van der Waals surface area contributed by atoms with Crippen LogP contribution in [-0.2, 0) is 6.61 Å². The van der Waals surface area contributed by atoms with Crippen molar-refractivity contribution < 1.29 is 9.26 Å². The van der Waals surface area contributed by atoms with Crippen LogP contribution in [0.4, 0.5) is 0 Å². The maximum Gasteiger partial charge on any atom is 0.249 e. The van der Waals surface area contributed by atoms with Crippen LogP contribution in [0, 0.1) is 5.41 Å². The molecule has 1 unspecified atom stereocenters. The van der Waals surface area contributed by atoms with Crippen LogP contribution in [-0.4, -0.2) is 27.5 Å². The predicted molar refractivity (Wildman–Crippen MR) is 126 cm³/mol. The summed E-state index contributed by atoms with van der Waals surface area (Å²) in [5.41, 5.74) is 7.68. The van der Waals surface area contributed by atoms with Crippen LogP contribution in [0.3, 0.4) is 0 Å². The minimum Gasteiger partial charge on any atom is -0.489 e. The maximum atomic E-state index is 7.74. The first-order valence-corrected chi connectivity index (χ1v) is 11.2. The molecule has 1 aromatic heterocycles. The smallest absolute Gasteiger partial charge is 0.249 e. The number of hydrogen-bond donors (Lipinski definition) is 2. The summed E-state index contributed by atoms with van der Waals surface area (Å²) in [6, 6.07) is 20.1.